The maximum Gasteiger partial charge on any atom is 0.226 e. The minimum absolute atomic E-state index is 0. The summed E-state index contributed by atoms with van der Waals surface area (Å²) in [4.78, 5) is 15.1. The molecule has 0 radical (unpaired) electrons. The van der Waals surface area contributed by atoms with Crippen molar-refractivity contribution < 1.29 is 4.79 Å². The summed E-state index contributed by atoms with van der Waals surface area (Å²) in [5, 5.41) is 4.23. The van der Waals surface area contributed by atoms with Gasteiger partial charge in [-0.05, 0) is 55.8 Å². The Kier molecular flexibility index (Phi) is 4.67. The van der Waals surface area contributed by atoms with Crippen molar-refractivity contribution in [2.75, 3.05) is 13.1 Å². The van der Waals surface area contributed by atoms with Gasteiger partial charge in [0.05, 0.1) is 0 Å². The van der Waals surface area contributed by atoms with Crippen molar-refractivity contribution in [2.45, 2.75) is 43.7 Å². The molecule has 3 nitrogen and oxygen atoms in total. The van der Waals surface area contributed by atoms with Gasteiger partial charge in [-0.3, -0.25) is 4.79 Å². The van der Waals surface area contributed by atoms with E-state index in [0.29, 0.717) is 23.9 Å². The number of hydrogen-bond acceptors (Lipinski definition) is 2. The molecule has 4 atom stereocenters. The van der Waals surface area contributed by atoms with Crippen LogP contribution in [0.2, 0.25) is 5.02 Å². The summed E-state index contributed by atoms with van der Waals surface area (Å²) in [6.45, 7) is 2.02. The first-order valence-corrected chi connectivity index (χ1v) is 8.40. The number of nitrogens with one attached hydrogen (secondary N) is 1. The van der Waals surface area contributed by atoms with E-state index in [9.17, 15) is 4.79 Å². The zero-order chi connectivity index (χ0) is 14.4. The monoisotopic (exact) mass is 340 g/mol. The third kappa shape index (κ3) is 2.86. The van der Waals surface area contributed by atoms with Crippen molar-refractivity contribution >= 4 is 29.9 Å². The van der Waals surface area contributed by atoms with Gasteiger partial charge in [0.25, 0.3) is 0 Å². The van der Waals surface area contributed by atoms with Crippen molar-refractivity contribution in [1.29, 1.82) is 0 Å². The van der Waals surface area contributed by atoms with Gasteiger partial charge in [0.1, 0.15) is 0 Å². The second-order valence-electron chi connectivity index (χ2n) is 6.63. The number of rotatable bonds is 2. The van der Waals surface area contributed by atoms with E-state index in [0.717, 1.165) is 37.4 Å². The van der Waals surface area contributed by atoms with Crippen LogP contribution >= 0.6 is 24.0 Å². The maximum atomic E-state index is 12.9. The van der Waals surface area contributed by atoms with Gasteiger partial charge in [0, 0.05) is 29.6 Å². The molecule has 2 heterocycles. The zero-order valence-electron chi connectivity index (χ0n) is 12.5. The Labute approximate surface area is 142 Å². The van der Waals surface area contributed by atoms with Crippen LogP contribution in [0.15, 0.2) is 24.3 Å². The Morgan fingerprint density at radius 2 is 2.05 bits per heavy atom. The highest BCUT2D eigenvalue weighted by Gasteiger charge is 2.49. The number of halogens is 2. The predicted octanol–water partition coefficient (Wildman–Crippen LogP) is 3.22. The molecule has 1 aromatic carbocycles. The number of carbonyl (C=O) groups excluding carboxylic acids is 1. The molecule has 1 aliphatic carbocycles. The van der Waals surface area contributed by atoms with Crippen molar-refractivity contribution in [3.8, 4) is 0 Å². The number of amides is 1. The Hall–Kier alpha value is -0.770. The molecule has 1 aromatic rings. The number of carbonyl (C=O) groups is 1. The molecule has 120 valence electrons. The molecular weight excluding hydrogens is 319 g/mol. The van der Waals surface area contributed by atoms with Crippen molar-refractivity contribution in [3.63, 3.8) is 0 Å². The summed E-state index contributed by atoms with van der Waals surface area (Å²) in [5.74, 6) is 0.952. The number of nitrogens with zero attached hydrogens (tertiary/aromatic N) is 1. The highest BCUT2D eigenvalue weighted by Crippen LogP contribution is 2.50. The number of benzene rings is 1. The lowest BCUT2D eigenvalue weighted by Gasteiger charge is -2.28. The molecule has 1 saturated carbocycles. The summed E-state index contributed by atoms with van der Waals surface area (Å²) in [7, 11) is 0. The van der Waals surface area contributed by atoms with E-state index >= 15 is 0 Å². The van der Waals surface area contributed by atoms with Crippen LogP contribution < -0.4 is 5.32 Å². The Bertz CT molecular complexity index is 551. The number of fused-ring (bicyclic) bond motifs is 2. The Morgan fingerprint density at radius 3 is 2.86 bits per heavy atom. The molecule has 22 heavy (non-hydrogen) atoms. The lowest BCUT2D eigenvalue weighted by atomic mass is 10.1. The largest absolute Gasteiger partial charge is 0.335 e. The number of hydrogen-bond donors (Lipinski definition) is 1. The first kappa shape index (κ1) is 16.1. The van der Waals surface area contributed by atoms with Gasteiger partial charge in [-0.25, -0.2) is 0 Å². The fourth-order valence-electron chi connectivity index (χ4n) is 4.11. The SMILES string of the molecule is Cl.O=C(C1CC1c1cccc(Cl)c1)N1C2CCNCC1CC2. The first-order valence-electron chi connectivity index (χ1n) is 8.02. The lowest BCUT2D eigenvalue weighted by molar-refractivity contribution is -0.135. The van der Waals surface area contributed by atoms with Gasteiger partial charge in [0.2, 0.25) is 5.91 Å². The van der Waals surface area contributed by atoms with Crippen LogP contribution in [0.1, 0.15) is 37.2 Å². The minimum Gasteiger partial charge on any atom is -0.335 e. The molecule has 2 bridgehead atoms. The molecule has 4 unspecified atom stereocenters. The van der Waals surface area contributed by atoms with Crippen molar-refractivity contribution in [1.82, 2.24) is 10.2 Å². The fourth-order valence-corrected chi connectivity index (χ4v) is 4.31. The molecule has 3 fully saturated rings. The quantitative estimate of drug-likeness (QED) is 0.896. The van der Waals surface area contributed by atoms with E-state index in [-0.39, 0.29) is 18.3 Å². The average molecular weight is 341 g/mol. The summed E-state index contributed by atoms with van der Waals surface area (Å²) < 4.78 is 0. The molecule has 4 rings (SSSR count). The second-order valence-corrected chi connectivity index (χ2v) is 7.06. The van der Waals surface area contributed by atoms with Crippen LogP contribution in [0.25, 0.3) is 0 Å². The van der Waals surface area contributed by atoms with E-state index in [1.165, 1.54) is 12.0 Å². The van der Waals surface area contributed by atoms with Crippen LogP contribution in [-0.2, 0) is 4.79 Å². The van der Waals surface area contributed by atoms with Crippen LogP contribution in [-0.4, -0.2) is 36.0 Å². The van der Waals surface area contributed by atoms with Crippen LogP contribution in [0.4, 0.5) is 0 Å². The summed E-state index contributed by atoms with van der Waals surface area (Å²) in [6, 6.07) is 8.88. The maximum absolute atomic E-state index is 12.9. The molecule has 5 heteroatoms. The fraction of sp³-hybridized carbons (Fsp3) is 0.588. The van der Waals surface area contributed by atoms with Gasteiger partial charge in [-0.1, -0.05) is 23.7 Å². The Balaban J connectivity index is 0.00000144. The van der Waals surface area contributed by atoms with Gasteiger partial charge in [-0.2, -0.15) is 0 Å². The second kappa shape index (κ2) is 6.38. The van der Waals surface area contributed by atoms with E-state index in [1.54, 1.807) is 0 Å². The van der Waals surface area contributed by atoms with E-state index in [1.807, 2.05) is 18.2 Å². The minimum atomic E-state index is 0. The smallest absolute Gasteiger partial charge is 0.226 e. The molecule has 3 aliphatic rings. The van der Waals surface area contributed by atoms with Crippen molar-refractivity contribution in [3.05, 3.63) is 34.9 Å². The van der Waals surface area contributed by atoms with Crippen LogP contribution in [0.5, 0.6) is 0 Å². The van der Waals surface area contributed by atoms with Crippen LogP contribution in [0, 0.1) is 5.92 Å². The predicted molar refractivity (Wildman–Crippen MR) is 90.7 cm³/mol. The third-order valence-corrected chi connectivity index (χ3v) is 5.53. The molecule has 0 aromatic heterocycles. The standard InChI is InChI=1S/C17H21ClN2O.ClH/c18-12-3-1-2-11(8-12)15-9-16(15)17(21)20-13-4-5-14(20)10-19-7-6-13;/h1-3,8,13-16,19H,4-7,9-10H2;1H. The molecule has 1 amide bonds. The summed E-state index contributed by atoms with van der Waals surface area (Å²) in [5.41, 5.74) is 1.22. The Morgan fingerprint density at radius 1 is 1.23 bits per heavy atom. The lowest BCUT2D eigenvalue weighted by Crippen LogP contribution is -2.43. The van der Waals surface area contributed by atoms with Gasteiger partial charge < -0.3 is 10.2 Å². The van der Waals surface area contributed by atoms with Crippen molar-refractivity contribution in [2.24, 2.45) is 5.92 Å². The first-order chi connectivity index (χ1) is 10.2. The topological polar surface area (TPSA) is 32.3 Å². The molecule has 0 spiro atoms. The highest BCUT2D eigenvalue weighted by molar-refractivity contribution is 6.30. The van der Waals surface area contributed by atoms with E-state index in [2.05, 4.69) is 16.3 Å². The molecule has 2 saturated heterocycles. The summed E-state index contributed by atoms with van der Waals surface area (Å²) in [6.07, 6.45) is 4.45. The highest BCUT2D eigenvalue weighted by atomic mass is 35.5. The van der Waals surface area contributed by atoms with E-state index in [4.69, 9.17) is 11.6 Å². The average Bonchev–Trinajstić information content (AvgIpc) is 3.18. The summed E-state index contributed by atoms with van der Waals surface area (Å²) >= 11 is 6.07. The van der Waals surface area contributed by atoms with Gasteiger partial charge in [0.15, 0.2) is 0 Å². The molecule has 2 aliphatic heterocycles. The van der Waals surface area contributed by atoms with E-state index < -0.39 is 0 Å². The third-order valence-electron chi connectivity index (χ3n) is 5.29. The zero-order valence-corrected chi connectivity index (χ0v) is 14.1. The van der Waals surface area contributed by atoms with Gasteiger partial charge in [-0.15, -0.1) is 12.4 Å². The molecule has 1 N–H and O–H groups in total. The van der Waals surface area contributed by atoms with Gasteiger partial charge >= 0.3 is 0 Å². The normalized spacial score (nSPS) is 33.0. The van der Waals surface area contributed by atoms with Crippen LogP contribution in [0.3, 0.4) is 0 Å². The molecular formula is C17H22Cl2N2O.